The third kappa shape index (κ3) is 3.17. The molecule has 5 heteroatoms. The standard InChI is InChI=1S/C12H16N2O3/c15-12(16)11(9-3-5-14-6-9)8-17-10-2-1-4-13-7-10/h1-2,4,7,9,11,14H,3,5-6,8H2,(H,15,16). The molecule has 17 heavy (non-hydrogen) atoms. The fourth-order valence-corrected chi connectivity index (χ4v) is 2.05. The number of carboxylic acids is 1. The minimum atomic E-state index is -0.789. The highest BCUT2D eigenvalue weighted by atomic mass is 16.5. The number of ether oxygens (including phenoxy) is 1. The molecule has 0 bridgehead atoms. The Hall–Kier alpha value is -1.62. The molecule has 0 aliphatic carbocycles. The summed E-state index contributed by atoms with van der Waals surface area (Å²) in [6, 6.07) is 3.54. The Morgan fingerprint density at radius 2 is 2.59 bits per heavy atom. The lowest BCUT2D eigenvalue weighted by molar-refractivity contribution is -0.144. The maximum atomic E-state index is 11.2. The van der Waals surface area contributed by atoms with Crippen LogP contribution in [-0.4, -0.2) is 35.8 Å². The topological polar surface area (TPSA) is 71.5 Å². The maximum absolute atomic E-state index is 11.2. The van der Waals surface area contributed by atoms with E-state index in [9.17, 15) is 9.90 Å². The fraction of sp³-hybridized carbons (Fsp3) is 0.500. The van der Waals surface area contributed by atoms with Gasteiger partial charge in [-0.1, -0.05) is 0 Å². The molecule has 0 amide bonds. The van der Waals surface area contributed by atoms with Crippen molar-refractivity contribution in [3.05, 3.63) is 24.5 Å². The third-order valence-corrected chi connectivity index (χ3v) is 3.05. The second kappa shape index (κ2) is 5.63. The number of carbonyl (C=O) groups is 1. The molecule has 92 valence electrons. The van der Waals surface area contributed by atoms with Gasteiger partial charge < -0.3 is 15.2 Å². The first kappa shape index (κ1) is 11.9. The van der Waals surface area contributed by atoms with Crippen LogP contribution >= 0.6 is 0 Å². The van der Waals surface area contributed by atoms with Crippen LogP contribution in [0.1, 0.15) is 6.42 Å². The molecule has 0 radical (unpaired) electrons. The first-order valence-electron chi connectivity index (χ1n) is 5.73. The number of carboxylic acid groups (broad SMARTS) is 1. The molecule has 1 fully saturated rings. The Morgan fingerprint density at radius 1 is 1.71 bits per heavy atom. The first-order valence-corrected chi connectivity index (χ1v) is 5.73. The summed E-state index contributed by atoms with van der Waals surface area (Å²) in [4.78, 5) is 15.1. The van der Waals surface area contributed by atoms with Crippen molar-refractivity contribution in [3.8, 4) is 5.75 Å². The van der Waals surface area contributed by atoms with E-state index in [4.69, 9.17) is 4.74 Å². The zero-order valence-electron chi connectivity index (χ0n) is 9.50. The summed E-state index contributed by atoms with van der Waals surface area (Å²) in [5, 5.41) is 12.4. The summed E-state index contributed by atoms with van der Waals surface area (Å²) >= 11 is 0. The number of hydrogen-bond donors (Lipinski definition) is 2. The zero-order chi connectivity index (χ0) is 12.1. The van der Waals surface area contributed by atoms with E-state index in [0.717, 1.165) is 19.5 Å². The maximum Gasteiger partial charge on any atom is 0.310 e. The highest BCUT2D eigenvalue weighted by Crippen LogP contribution is 2.20. The van der Waals surface area contributed by atoms with E-state index in [2.05, 4.69) is 10.3 Å². The van der Waals surface area contributed by atoms with Gasteiger partial charge in [0.05, 0.1) is 12.1 Å². The highest BCUT2D eigenvalue weighted by Gasteiger charge is 2.31. The molecule has 2 rings (SSSR count). The van der Waals surface area contributed by atoms with Crippen molar-refractivity contribution in [3.63, 3.8) is 0 Å². The molecule has 2 heterocycles. The summed E-state index contributed by atoms with van der Waals surface area (Å²) in [7, 11) is 0. The van der Waals surface area contributed by atoms with Crippen molar-refractivity contribution >= 4 is 5.97 Å². The molecule has 0 aromatic carbocycles. The van der Waals surface area contributed by atoms with E-state index in [1.54, 1.807) is 24.5 Å². The van der Waals surface area contributed by atoms with E-state index >= 15 is 0 Å². The Morgan fingerprint density at radius 3 is 3.18 bits per heavy atom. The van der Waals surface area contributed by atoms with Crippen LogP contribution in [0.2, 0.25) is 0 Å². The largest absolute Gasteiger partial charge is 0.491 e. The van der Waals surface area contributed by atoms with Gasteiger partial charge in [0.1, 0.15) is 12.4 Å². The number of pyridine rings is 1. The van der Waals surface area contributed by atoms with Crippen LogP contribution in [0.25, 0.3) is 0 Å². The average Bonchev–Trinajstić information content (AvgIpc) is 2.84. The molecule has 1 aromatic heterocycles. The lowest BCUT2D eigenvalue weighted by Gasteiger charge is -2.18. The van der Waals surface area contributed by atoms with E-state index in [1.807, 2.05) is 0 Å². The van der Waals surface area contributed by atoms with Crippen molar-refractivity contribution < 1.29 is 14.6 Å². The van der Waals surface area contributed by atoms with Gasteiger partial charge in [-0.3, -0.25) is 9.78 Å². The third-order valence-electron chi connectivity index (χ3n) is 3.05. The number of nitrogens with one attached hydrogen (secondary N) is 1. The van der Waals surface area contributed by atoms with Gasteiger partial charge >= 0.3 is 5.97 Å². The smallest absolute Gasteiger partial charge is 0.310 e. The molecular weight excluding hydrogens is 220 g/mol. The molecule has 2 N–H and O–H groups in total. The van der Waals surface area contributed by atoms with Crippen LogP contribution in [0.3, 0.4) is 0 Å². The fourth-order valence-electron chi connectivity index (χ4n) is 2.05. The summed E-state index contributed by atoms with van der Waals surface area (Å²) in [5.41, 5.74) is 0. The van der Waals surface area contributed by atoms with Crippen LogP contribution in [0.4, 0.5) is 0 Å². The van der Waals surface area contributed by atoms with Gasteiger partial charge in [-0.15, -0.1) is 0 Å². The quantitative estimate of drug-likeness (QED) is 0.790. The SMILES string of the molecule is O=C(O)C(COc1cccnc1)C1CCNC1. The van der Waals surface area contributed by atoms with Gasteiger partial charge in [0.15, 0.2) is 0 Å². The van der Waals surface area contributed by atoms with Gasteiger partial charge in [0.25, 0.3) is 0 Å². The van der Waals surface area contributed by atoms with Crippen molar-refractivity contribution in [1.29, 1.82) is 0 Å². The van der Waals surface area contributed by atoms with E-state index in [1.165, 1.54) is 0 Å². The molecule has 1 aliphatic heterocycles. The Bertz CT molecular complexity index is 363. The summed E-state index contributed by atoms with van der Waals surface area (Å²) < 4.78 is 5.47. The van der Waals surface area contributed by atoms with Gasteiger partial charge in [-0.25, -0.2) is 0 Å². The molecule has 2 unspecified atom stereocenters. The Labute approximate surface area is 99.8 Å². The second-order valence-corrected chi connectivity index (χ2v) is 4.20. The van der Waals surface area contributed by atoms with Crippen LogP contribution in [0.5, 0.6) is 5.75 Å². The van der Waals surface area contributed by atoms with Crippen LogP contribution in [0, 0.1) is 11.8 Å². The highest BCUT2D eigenvalue weighted by molar-refractivity contribution is 5.70. The number of aliphatic carboxylic acids is 1. The Kier molecular flexibility index (Phi) is 3.93. The van der Waals surface area contributed by atoms with E-state index < -0.39 is 11.9 Å². The predicted molar refractivity (Wildman–Crippen MR) is 61.8 cm³/mol. The summed E-state index contributed by atoms with van der Waals surface area (Å²) in [6.07, 6.45) is 4.14. The number of rotatable bonds is 5. The minimum absolute atomic E-state index is 0.157. The van der Waals surface area contributed by atoms with Crippen molar-refractivity contribution in [2.24, 2.45) is 11.8 Å². The second-order valence-electron chi connectivity index (χ2n) is 4.20. The number of aromatic nitrogens is 1. The first-order chi connectivity index (χ1) is 8.27. The molecule has 1 saturated heterocycles. The molecule has 2 atom stereocenters. The molecule has 0 spiro atoms. The predicted octanol–water partition coefficient (Wildman–Crippen LogP) is 0.771. The average molecular weight is 236 g/mol. The molecule has 0 saturated carbocycles. The summed E-state index contributed by atoms with van der Waals surface area (Å²) in [6.45, 7) is 1.85. The molecule has 5 nitrogen and oxygen atoms in total. The number of nitrogens with zero attached hydrogens (tertiary/aromatic N) is 1. The lowest BCUT2D eigenvalue weighted by atomic mass is 9.92. The monoisotopic (exact) mass is 236 g/mol. The van der Waals surface area contributed by atoms with Gasteiger partial charge in [-0.05, 0) is 37.6 Å². The van der Waals surface area contributed by atoms with Crippen molar-refractivity contribution in [2.75, 3.05) is 19.7 Å². The van der Waals surface area contributed by atoms with Crippen LogP contribution in [-0.2, 0) is 4.79 Å². The van der Waals surface area contributed by atoms with E-state index in [0.29, 0.717) is 5.75 Å². The van der Waals surface area contributed by atoms with Gasteiger partial charge in [0, 0.05) is 6.20 Å². The Balaban J connectivity index is 1.92. The zero-order valence-corrected chi connectivity index (χ0v) is 9.50. The minimum Gasteiger partial charge on any atom is -0.491 e. The normalized spacial score (nSPS) is 21.1. The molecule has 1 aromatic rings. The van der Waals surface area contributed by atoms with Crippen LogP contribution < -0.4 is 10.1 Å². The molecular formula is C12H16N2O3. The van der Waals surface area contributed by atoms with Crippen molar-refractivity contribution in [1.82, 2.24) is 10.3 Å². The van der Waals surface area contributed by atoms with Gasteiger partial charge in [-0.2, -0.15) is 0 Å². The van der Waals surface area contributed by atoms with Crippen LogP contribution in [0.15, 0.2) is 24.5 Å². The number of hydrogen-bond acceptors (Lipinski definition) is 4. The lowest BCUT2D eigenvalue weighted by Crippen LogP contribution is -2.30. The van der Waals surface area contributed by atoms with E-state index in [-0.39, 0.29) is 12.5 Å². The van der Waals surface area contributed by atoms with Crippen molar-refractivity contribution in [2.45, 2.75) is 6.42 Å². The van der Waals surface area contributed by atoms with Gasteiger partial charge in [0.2, 0.25) is 0 Å². The summed E-state index contributed by atoms with van der Waals surface area (Å²) in [5.74, 6) is -0.471. The molecule has 1 aliphatic rings.